The highest BCUT2D eigenvalue weighted by Gasteiger charge is 2.36. The lowest BCUT2D eigenvalue weighted by Crippen LogP contribution is -2.41. The maximum absolute atomic E-state index is 12.1. The number of carbonyl (C=O) groups excluding carboxylic acids is 1. The molecular formula is C14H25NO3. The highest BCUT2D eigenvalue weighted by molar-refractivity contribution is 5.83. The van der Waals surface area contributed by atoms with Crippen LogP contribution in [0.2, 0.25) is 0 Å². The quantitative estimate of drug-likeness (QED) is 0.766. The Bertz CT molecular complexity index is 306. The van der Waals surface area contributed by atoms with Crippen LogP contribution in [0.4, 0.5) is 0 Å². The van der Waals surface area contributed by atoms with Gasteiger partial charge in [0.1, 0.15) is 0 Å². The molecule has 1 fully saturated rings. The second-order valence-corrected chi connectivity index (χ2v) is 6.14. The summed E-state index contributed by atoms with van der Waals surface area (Å²) < 4.78 is 0. The van der Waals surface area contributed by atoms with E-state index in [1.54, 1.807) is 0 Å². The summed E-state index contributed by atoms with van der Waals surface area (Å²) in [4.78, 5) is 23.2. The number of hydrogen-bond donors (Lipinski definition) is 2. The van der Waals surface area contributed by atoms with Gasteiger partial charge in [0, 0.05) is 12.0 Å². The highest BCUT2D eigenvalue weighted by Crippen LogP contribution is 2.37. The number of carbonyl (C=O) groups is 2. The molecule has 0 saturated heterocycles. The van der Waals surface area contributed by atoms with Crippen molar-refractivity contribution in [2.24, 2.45) is 17.3 Å². The maximum atomic E-state index is 12.1. The first kappa shape index (κ1) is 15.0. The fraction of sp³-hybridized carbons (Fsp3) is 0.857. The van der Waals surface area contributed by atoms with Gasteiger partial charge in [0.2, 0.25) is 5.91 Å². The lowest BCUT2D eigenvalue weighted by atomic mass is 9.87. The van der Waals surface area contributed by atoms with Crippen molar-refractivity contribution in [3.8, 4) is 0 Å². The van der Waals surface area contributed by atoms with Crippen molar-refractivity contribution in [3.05, 3.63) is 0 Å². The van der Waals surface area contributed by atoms with Crippen LogP contribution in [0, 0.1) is 17.3 Å². The summed E-state index contributed by atoms with van der Waals surface area (Å²) in [7, 11) is 0. The molecule has 4 nitrogen and oxygen atoms in total. The van der Waals surface area contributed by atoms with Crippen molar-refractivity contribution in [2.45, 2.75) is 52.9 Å². The number of rotatable bonds is 6. The van der Waals surface area contributed by atoms with E-state index >= 15 is 0 Å². The molecule has 0 aromatic heterocycles. The first-order valence-electron chi connectivity index (χ1n) is 6.86. The third kappa shape index (κ3) is 4.00. The Labute approximate surface area is 109 Å². The summed E-state index contributed by atoms with van der Waals surface area (Å²) in [6.07, 6.45) is 4.63. The van der Waals surface area contributed by atoms with Gasteiger partial charge in [-0.2, -0.15) is 0 Å². The Morgan fingerprint density at radius 3 is 2.28 bits per heavy atom. The van der Waals surface area contributed by atoms with Gasteiger partial charge in [-0.1, -0.05) is 33.6 Å². The minimum absolute atomic E-state index is 0.0232. The predicted octanol–water partition coefficient (Wildman–Crippen LogP) is 2.43. The molecular weight excluding hydrogens is 230 g/mol. The molecule has 1 aliphatic carbocycles. The number of aliphatic carboxylic acids is 1. The van der Waals surface area contributed by atoms with Gasteiger partial charge in [0.15, 0.2) is 0 Å². The van der Waals surface area contributed by atoms with Crippen LogP contribution in [0.15, 0.2) is 0 Å². The third-order valence-electron chi connectivity index (χ3n) is 3.87. The fourth-order valence-corrected chi connectivity index (χ4v) is 2.65. The van der Waals surface area contributed by atoms with Crippen LogP contribution in [-0.2, 0) is 9.59 Å². The van der Waals surface area contributed by atoms with Gasteiger partial charge in [0.05, 0.1) is 5.92 Å². The molecule has 0 aliphatic heterocycles. The molecule has 1 atom stereocenters. The standard InChI is InChI=1S/C14H25NO3/c1-10(2)8-11(12(16)17)9-15-13(18)14(3)6-4-5-7-14/h10-11H,4-9H2,1-3H3,(H,15,18)(H,16,17). The fourth-order valence-electron chi connectivity index (χ4n) is 2.65. The van der Waals surface area contributed by atoms with E-state index in [0.29, 0.717) is 12.3 Å². The van der Waals surface area contributed by atoms with E-state index in [2.05, 4.69) is 5.32 Å². The second-order valence-electron chi connectivity index (χ2n) is 6.14. The number of carboxylic acid groups (broad SMARTS) is 1. The van der Waals surface area contributed by atoms with Crippen molar-refractivity contribution in [2.75, 3.05) is 6.54 Å². The Balaban J connectivity index is 2.46. The van der Waals surface area contributed by atoms with E-state index in [1.807, 2.05) is 20.8 Å². The molecule has 0 spiro atoms. The van der Waals surface area contributed by atoms with Crippen LogP contribution in [-0.4, -0.2) is 23.5 Å². The minimum atomic E-state index is -0.819. The van der Waals surface area contributed by atoms with Crippen LogP contribution < -0.4 is 5.32 Å². The molecule has 1 amide bonds. The zero-order valence-corrected chi connectivity index (χ0v) is 11.7. The van der Waals surface area contributed by atoms with Gasteiger partial charge in [-0.15, -0.1) is 0 Å². The molecule has 0 radical (unpaired) electrons. The number of nitrogens with one attached hydrogen (secondary N) is 1. The molecule has 1 rings (SSSR count). The van der Waals surface area contributed by atoms with Crippen molar-refractivity contribution < 1.29 is 14.7 Å². The van der Waals surface area contributed by atoms with Crippen LogP contribution >= 0.6 is 0 Å². The average molecular weight is 255 g/mol. The van der Waals surface area contributed by atoms with Gasteiger partial charge in [0.25, 0.3) is 0 Å². The van der Waals surface area contributed by atoms with Crippen LogP contribution in [0.1, 0.15) is 52.9 Å². The van der Waals surface area contributed by atoms with Crippen molar-refractivity contribution >= 4 is 11.9 Å². The third-order valence-corrected chi connectivity index (χ3v) is 3.87. The van der Waals surface area contributed by atoms with Gasteiger partial charge in [-0.3, -0.25) is 9.59 Å². The lowest BCUT2D eigenvalue weighted by molar-refractivity contribution is -0.142. The molecule has 104 valence electrons. The van der Waals surface area contributed by atoms with E-state index in [0.717, 1.165) is 25.7 Å². The first-order valence-corrected chi connectivity index (χ1v) is 6.86. The van der Waals surface area contributed by atoms with Gasteiger partial charge in [-0.25, -0.2) is 0 Å². The van der Waals surface area contributed by atoms with Gasteiger partial charge in [-0.05, 0) is 25.2 Å². The lowest BCUT2D eigenvalue weighted by Gasteiger charge is -2.24. The summed E-state index contributed by atoms with van der Waals surface area (Å²) in [6, 6.07) is 0. The number of carboxylic acids is 1. The monoisotopic (exact) mass is 255 g/mol. The Hall–Kier alpha value is -1.06. The predicted molar refractivity (Wildman–Crippen MR) is 70.2 cm³/mol. The summed E-state index contributed by atoms with van der Waals surface area (Å²) in [5.74, 6) is -0.945. The minimum Gasteiger partial charge on any atom is -0.481 e. The van der Waals surface area contributed by atoms with E-state index in [4.69, 9.17) is 5.11 Å². The average Bonchev–Trinajstić information content (AvgIpc) is 2.71. The molecule has 18 heavy (non-hydrogen) atoms. The van der Waals surface area contributed by atoms with Crippen molar-refractivity contribution in [3.63, 3.8) is 0 Å². The molecule has 0 aromatic rings. The molecule has 1 aliphatic rings. The first-order chi connectivity index (χ1) is 8.35. The summed E-state index contributed by atoms with van der Waals surface area (Å²) >= 11 is 0. The zero-order chi connectivity index (χ0) is 13.8. The normalized spacial score (nSPS) is 19.8. The topological polar surface area (TPSA) is 66.4 Å². The Morgan fingerprint density at radius 2 is 1.83 bits per heavy atom. The summed E-state index contributed by atoms with van der Waals surface area (Å²) in [6.45, 7) is 6.22. The molecule has 4 heteroatoms. The molecule has 0 aromatic carbocycles. The van der Waals surface area contributed by atoms with E-state index < -0.39 is 11.9 Å². The molecule has 0 heterocycles. The molecule has 0 bridgehead atoms. The Morgan fingerprint density at radius 1 is 1.28 bits per heavy atom. The van der Waals surface area contributed by atoms with Crippen LogP contribution in [0.25, 0.3) is 0 Å². The summed E-state index contributed by atoms with van der Waals surface area (Å²) in [5.41, 5.74) is -0.277. The zero-order valence-electron chi connectivity index (χ0n) is 11.7. The highest BCUT2D eigenvalue weighted by atomic mass is 16.4. The largest absolute Gasteiger partial charge is 0.481 e. The SMILES string of the molecule is CC(C)CC(CNC(=O)C1(C)CCCC1)C(=O)O. The molecule has 2 N–H and O–H groups in total. The molecule has 1 unspecified atom stereocenters. The van der Waals surface area contributed by atoms with E-state index in [9.17, 15) is 9.59 Å². The van der Waals surface area contributed by atoms with Crippen molar-refractivity contribution in [1.29, 1.82) is 0 Å². The maximum Gasteiger partial charge on any atom is 0.308 e. The molecule has 1 saturated carbocycles. The summed E-state index contributed by atoms with van der Waals surface area (Å²) in [5, 5.41) is 11.9. The van der Waals surface area contributed by atoms with Crippen molar-refractivity contribution in [1.82, 2.24) is 5.32 Å². The van der Waals surface area contributed by atoms with Gasteiger partial charge >= 0.3 is 5.97 Å². The van der Waals surface area contributed by atoms with E-state index in [-0.39, 0.29) is 17.9 Å². The number of hydrogen-bond acceptors (Lipinski definition) is 2. The van der Waals surface area contributed by atoms with Crippen LogP contribution in [0.5, 0.6) is 0 Å². The Kier molecular flexibility index (Phi) is 5.17. The van der Waals surface area contributed by atoms with E-state index in [1.165, 1.54) is 0 Å². The second kappa shape index (κ2) is 6.21. The number of amides is 1. The smallest absolute Gasteiger partial charge is 0.308 e. The van der Waals surface area contributed by atoms with Crippen LogP contribution in [0.3, 0.4) is 0 Å². The van der Waals surface area contributed by atoms with Gasteiger partial charge < -0.3 is 10.4 Å².